The number of nitrogens with zero attached hydrogens (tertiary/aromatic N) is 3. The van der Waals surface area contributed by atoms with E-state index in [-0.39, 0.29) is 35.7 Å². The Morgan fingerprint density at radius 1 is 0.944 bits per heavy atom. The quantitative estimate of drug-likeness (QED) is 0.424. The van der Waals surface area contributed by atoms with Crippen molar-refractivity contribution in [3.8, 4) is 23.0 Å². The summed E-state index contributed by atoms with van der Waals surface area (Å²) in [6.45, 7) is 6.15. The first-order valence-corrected chi connectivity index (χ1v) is 11.5. The second kappa shape index (κ2) is 10.9. The zero-order valence-corrected chi connectivity index (χ0v) is 22.1. The smallest absolute Gasteiger partial charge is 0.272 e. The highest BCUT2D eigenvalue weighted by molar-refractivity contribution is 5.92. The van der Waals surface area contributed by atoms with Crippen molar-refractivity contribution >= 4 is 5.91 Å². The van der Waals surface area contributed by atoms with Gasteiger partial charge in [0.25, 0.3) is 5.91 Å². The van der Waals surface area contributed by atoms with E-state index >= 15 is 4.39 Å². The zero-order valence-electron chi connectivity index (χ0n) is 22.1. The number of hydrogen-bond donors (Lipinski definition) is 0. The minimum Gasteiger partial charge on any atom is -0.497 e. The summed E-state index contributed by atoms with van der Waals surface area (Å²) in [6.07, 6.45) is 0. The Labute approximate surface area is 211 Å². The number of carbonyl (C=O) groups excluding carboxylic acids is 1. The molecule has 0 unspecified atom stereocenters. The zero-order chi connectivity index (χ0) is 26.6. The molecule has 36 heavy (non-hydrogen) atoms. The molecular formula is C27H34FN3O5. The second-order valence-electron chi connectivity index (χ2n) is 9.39. The van der Waals surface area contributed by atoms with Crippen molar-refractivity contribution in [2.24, 2.45) is 7.05 Å². The topological polar surface area (TPSA) is 75.0 Å². The number of aromatic nitrogens is 2. The standard InChI is InChI=1S/C27H34FN3O5/c1-27(2,3)24-14-21(30(4)29-24)26(32)31(15-17-9-10-18(33-5)13-23(17)35-7)16-19-20(28)11-12-22(34-6)25(19)36-8/h9-14H,15-16H2,1-8H3. The molecule has 0 saturated heterocycles. The van der Waals surface area contributed by atoms with Crippen molar-refractivity contribution < 1.29 is 28.1 Å². The summed E-state index contributed by atoms with van der Waals surface area (Å²) in [4.78, 5) is 15.4. The Morgan fingerprint density at radius 3 is 2.19 bits per heavy atom. The molecule has 1 amide bonds. The molecular weight excluding hydrogens is 465 g/mol. The van der Waals surface area contributed by atoms with E-state index in [0.29, 0.717) is 22.9 Å². The fourth-order valence-electron chi connectivity index (χ4n) is 3.89. The van der Waals surface area contributed by atoms with E-state index in [2.05, 4.69) is 5.10 Å². The Kier molecular flexibility index (Phi) is 8.12. The van der Waals surface area contributed by atoms with Gasteiger partial charge >= 0.3 is 0 Å². The van der Waals surface area contributed by atoms with Crippen LogP contribution in [0.4, 0.5) is 4.39 Å². The maximum Gasteiger partial charge on any atom is 0.272 e. The Bertz CT molecular complexity index is 1230. The van der Waals surface area contributed by atoms with Gasteiger partial charge in [0.1, 0.15) is 23.0 Å². The third-order valence-corrected chi connectivity index (χ3v) is 5.95. The van der Waals surface area contributed by atoms with Gasteiger partial charge in [0.15, 0.2) is 11.5 Å². The first-order chi connectivity index (χ1) is 17.0. The van der Waals surface area contributed by atoms with Crippen molar-refractivity contribution in [3.05, 3.63) is 64.7 Å². The van der Waals surface area contributed by atoms with Gasteiger partial charge < -0.3 is 23.8 Å². The van der Waals surface area contributed by atoms with Gasteiger partial charge in [0.2, 0.25) is 0 Å². The summed E-state index contributed by atoms with van der Waals surface area (Å²) in [5, 5.41) is 4.54. The van der Waals surface area contributed by atoms with Crippen LogP contribution in [0.1, 0.15) is 48.1 Å². The number of rotatable bonds is 9. The highest BCUT2D eigenvalue weighted by atomic mass is 19.1. The van der Waals surface area contributed by atoms with Crippen molar-refractivity contribution in [2.45, 2.75) is 39.3 Å². The minimum absolute atomic E-state index is 0.0732. The number of amides is 1. The van der Waals surface area contributed by atoms with Gasteiger partial charge in [-0.3, -0.25) is 9.48 Å². The maximum atomic E-state index is 15.1. The number of carbonyl (C=O) groups is 1. The molecule has 1 heterocycles. The normalized spacial score (nSPS) is 11.2. The summed E-state index contributed by atoms with van der Waals surface area (Å²) in [6, 6.07) is 9.92. The fourth-order valence-corrected chi connectivity index (χ4v) is 3.89. The van der Waals surface area contributed by atoms with Crippen LogP contribution >= 0.6 is 0 Å². The summed E-state index contributed by atoms with van der Waals surface area (Å²) in [5.41, 5.74) is 1.85. The number of halogens is 1. The van der Waals surface area contributed by atoms with Crippen LogP contribution in [-0.2, 0) is 25.6 Å². The van der Waals surface area contributed by atoms with Gasteiger partial charge in [0.05, 0.1) is 52.8 Å². The molecule has 9 heteroatoms. The molecule has 0 spiro atoms. The van der Waals surface area contributed by atoms with Gasteiger partial charge in [-0.2, -0.15) is 5.10 Å². The molecule has 0 aliphatic carbocycles. The molecule has 0 saturated carbocycles. The van der Waals surface area contributed by atoms with Gasteiger partial charge in [-0.05, 0) is 30.3 Å². The molecule has 0 aliphatic rings. The highest BCUT2D eigenvalue weighted by Gasteiger charge is 2.28. The number of aryl methyl sites for hydroxylation is 1. The van der Waals surface area contributed by atoms with Crippen molar-refractivity contribution in [2.75, 3.05) is 28.4 Å². The number of ether oxygens (including phenoxy) is 4. The molecule has 3 rings (SSSR count). The molecule has 0 atom stereocenters. The number of hydrogen-bond acceptors (Lipinski definition) is 6. The number of benzene rings is 2. The van der Waals surface area contributed by atoms with Gasteiger partial charge in [0, 0.05) is 24.1 Å². The molecule has 0 radical (unpaired) electrons. The molecule has 3 aromatic rings. The van der Waals surface area contributed by atoms with Crippen molar-refractivity contribution in [1.29, 1.82) is 0 Å². The predicted octanol–water partition coefficient (Wildman–Crippen LogP) is 4.73. The summed E-state index contributed by atoms with van der Waals surface area (Å²) >= 11 is 0. The van der Waals surface area contributed by atoms with E-state index in [0.717, 1.165) is 11.3 Å². The summed E-state index contributed by atoms with van der Waals surface area (Å²) in [7, 11) is 7.76. The van der Waals surface area contributed by atoms with E-state index in [1.54, 1.807) is 44.1 Å². The minimum atomic E-state index is -0.507. The van der Waals surface area contributed by atoms with Crippen LogP contribution in [0.15, 0.2) is 36.4 Å². The first kappa shape index (κ1) is 26.8. The third kappa shape index (κ3) is 5.56. The lowest BCUT2D eigenvalue weighted by Gasteiger charge is -2.25. The predicted molar refractivity (Wildman–Crippen MR) is 135 cm³/mol. The highest BCUT2D eigenvalue weighted by Crippen LogP contribution is 2.35. The molecule has 2 aromatic carbocycles. The summed E-state index contributed by atoms with van der Waals surface area (Å²) in [5.74, 6) is 0.951. The Balaban J connectivity index is 2.11. The van der Waals surface area contributed by atoms with Crippen LogP contribution in [0.2, 0.25) is 0 Å². The van der Waals surface area contributed by atoms with Crippen molar-refractivity contribution in [1.82, 2.24) is 14.7 Å². The average molecular weight is 500 g/mol. The monoisotopic (exact) mass is 499 g/mol. The SMILES string of the molecule is COc1ccc(CN(Cc2c(F)ccc(OC)c2OC)C(=O)c2cc(C(C)(C)C)nn2C)c(OC)c1. The molecule has 0 aliphatic heterocycles. The van der Waals surface area contributed by atoms with E-state index < -0.39 is 5.82 Å². The Hall–Kier alpha value is -3.75. The van der Waals surface area contributed by atoms with Crippen molar-refractivity contribution in [3.63, 3.8) is 0 Å². The van der Waals surface area contributed by atoms with Crippen LogP contribution < -0.4 is 18.9 Å². The number of methoxy groups -OCH3 is 4. The fraction of sp³-hybridized carbons (Fsp3) is 0.407. The van der Waals surface area contributed by atoms with Crippen LogP contribution in [0, 0.1) is 5.82 Å². The molecule has 8 nitrogen and oxygen atoms in total. The molecule has 0 bridgehead atoms. The Morgan fingerprint density at radius 2 is 1.64 bits per heavy atom. The lowest BCUT2D eigenvalue weighted by atomic mass is 9.92. The van der Waals surface area contributed by atoms with Gasteiger partial charge in [-0.25, -0.2) is 4.39 Å². The summed E-state index contributed by atoms with van der Waals surface area (Å²) < 4.78 is 38.3. The lowest BCUT2D eigenvalue weighted by Crippen LogP contribution is -2.32. The maximum absolute atomic E-state index is 15.1. The van der Waals surface area contributed by atoms with Gasteiger partial charge in [-0.15, -0.1) is 0 Å². The molecule has 0 N–H and O–H groups in total. The van der Waals surface area contributed by atoms with Crippen LogP contribution in [0.25, 0.3) is 0 Å². The molecule has 0 fully saturated rings. The first-order valence-electron chi connectivity index (χ1n) is 11.5. The molecule has 1 aromatic heterocycles. The van der Waals surface area contributed by atoms with Gasteiger partial charge in [-0.1, -0.05) is 20.8 Å². The van der Waals surface area contributed by atoms with E-state index in [1.807, 2.05) is 26.8 Å². The van der Waals surface area contributed by atoms with E-state index in [4.69, 9.17) is 18.9 Å². The lowest BCUT2D eigenvalue weighted by molar-refractivity contribution is 0.0714. The van der Waals surface area contributed by atoms with Crippen LogP contribution in [0.3, 0.4) is 0 Å². The van der Waals surface area contributed by atoms with E-state index in [1.165, 1.54) is 31.3 Å². The average Bonchev–Trinajstić information content (AvgIpc) is 3.26. The van der Waals surface area contributed by atoms with Crippen LogP contribution in [-0.4, -0.2) is 49.0 Å². The third-order valence-electron chi connectivity index (χ3n) is 5.95. The largest absolute Gasteiger partial charge is 0.497 e. The van der Waals surface area contributed by atoms with E-state index in [9.17, 15) is 4.79 Å². The second-order valence-corrected chi connectivity index (χ2v) is 9.39. The van der Waals surface area contributed by atoms with Crippen LogP contribution in [0.5, 0.6) is 23.0 Å². The molecule has 194 valence electrons.